The molecule has 0 bridgehead atoms. The normalized spacial score (nSPS) is 13.8. The Morgan fingerprint density at radius 2 is 2.12 bits per heavy atom. The van der Waals surface area contributed by atoms with Gasteiger partial charge < -0.3 is 9.84 Å². The Bertz CT molecular complexity index is 319. The summed E-state index contributed by atoms with van der Waals surface area (Å²) in [6.07, 6.45) is 1.74. The van der Waals surface area contributed by atoms with Crippen LogP contribution in [0, 0.1) is 0 Å². The zero-order valence-electron chi connectivity index (χ0n) is 9.90. The van der Waals surface area contributed by atoms with Gasteiger partial charge in [-0.15, -0.1) is 0 Å². The lowest BCUT2D eigenvalue weighted by molar-refractivity contribution is -0.0484. The lowest BCUT2D eigenvalue weighted by Gasteiger charge is -2.21. The molecule has 0 spiro atoms. The van der Waals surface area contributed by atoms with E-state index in [4.69, 9.17) is 4.74 Å². The predicted octanol–water partition coefficient (Wildman–Crippen LogP) is 2.56. The molecule has 0 aromatic carbocycles. The van der Waals surface area contributed by atoms with Crippen LogP contribution in [0.5, 0.6) is 0 Å². The molecule has 1 heterocycles. The van der Waals surface area contributed by atoms with Gasteiger partial charge in [0, 0.05) is 22.8 Å². The van der Waals surface area contributed by atoms with E-state index in [-0.39, 0.29) is 5.60 Å². The quantitative estimate of drug-likeness (QED) is 0.926. The number of aliphatic hydroxyl groups excluding tert-OH is 1. The van der Waals surface area contributed by atoms with Gasteiger partial charge in [0.25, 0.3) is 0 Å². The maximum Gasteiger partial charge on any atom is 0.0829 e. The summed E-state index contributed by atoms with van der Waals surface area (Å²) in [6, 6.07) is 3.81. The van der Waals surface area contributed by atoms with E-state index in [0.29, 0.717) is 13.0 Å². The zero-order chi connectivity index (χ0) is 12.2. The summed E-state index contributed by atoms with van der Waals surface area (Å²) in [4.78, 5) is 4.20. The minimum Gasteiger partial charge on any atom is -0.390 e. The van der Waals surface area contributed by atoms with Gasteiger partial charge in [0.2, 0.25) is 0 Å². The minimum atomic E-state index is -0.507. The fourth-order valence-electron chi connectivity index (χ4n) is 1.17. The van der Waals surface area contributed by atoms with Gasteiger partial charge in [-0.25, -0.2) is 0 Å². The van der Waals surface area contributed by atoms with Gasteiger partial charge in [-0.3, -0.25) is 4.98 Å². The predicted molar refractivity (Wildman–Crippen MR) is 67.4 cm³/mol. The third-order valence-corrected chi connectivity index (χ3v) is 2.41. The van der Waals surface area contributed by atoms with Crippen molar-refractivity contribution in [3.63, 3.8) is 0 Å². The molecule has 0 aliphatic carbocycles. The second kappa shape index (κ2) is 5.75. The SMILES string of the molecule is CC(C)(C)OCC(O)Cc1ccc(Br)cn1. The second-order valence-corrected chi connectivity index (χ2v) is 5.66. The Morgan fingerprint density at radius 3 is 2.62 bits per heavy atom. The first-order chi connectivity index (χ1) is 7.37. The number of nitrogens with zero attached hydrogens (tertiary/aromatic N) is 1. The Kier molecular flexibility index (Phi) is 4.89. The number of rotatable bonds is 4. The van der Waals surface area contributed by atoms with E-state index >= 15 is 0 Å². The number of pyridine rings is 1. The van der Waals surface area contributed by atoms with Gasteiger partial charge in [0.05, 0.1) is 18.3 Å². The van der Waals surface area contributed by atoms with Crippen molar-refractivity contribution in [2.75, 3.05) is 6.61 Å². The molecule has 0 saturated heterocycles. The van der Waals surface area contributed by atoms with Crippen LogP contribution >= 0.6 is 15.9 Å². The van der Waals surface area contributed by atoms with Gasteiger partial charge in [0.15, 0.2) is 0 Å². The average Bonchev–Trinajstić information content (AvgIpc) is 2.18. The molecule has 16 heavy (non-hydrogen) atoms. The molecule has 1 N–H and O–H groups in total. The first kappa shape index (κ1) is 13.6. The van der Waals surface area contributed by atoms with Gasteiger partial charge in [0.1, 0.15) is 0 Å². The monoisotopic (exact) mass is 287 g/mol. The third-order valence-electron chi connectivity index (χ3n) is 1.94. The molecule has 0 aliphatic rings. The highest BCUT2D eigenvalue weighted by Gasteiger charge is 2.14. The molecule has 0 saturated carbocycles. The number of ether oxygens (including phenoxy) is 1. The number of hydrogen-bond donors (Lipinski definition) is 1. The van der Waals surface area contributed by atoms with Gasteiger partial charge in [-0.1, -0.05) is 0 Å². The summed E-state index contributed by atoms with van der Waals surface area (Å²) in [5, 5.41) is 9.76. The molecule has 0 aliphatic heterocycles. The Morgan fingerprint density at radius 1 is 1.44 bits per heavy atom. The molecule has 90 valence electrons. The highest BCUT2D eigenvalue weighted by Crippen LogP contribution is 2.11. The number of aliphatic hydroxyl groups is 1. The van der Waals surface area contributed by atoms with E-state index < -0.39 is 6.10 Å². The molecule has 1 atom stereocenters. The van der Waals surface area contributed by atoms with Gasteiger partial charge >= 0.3 is 0 Å². The van der Waals surface area contributed by atoms with Crippen molar-refractivity contribution in [1.82, 2.24) is 4.98 Å². The molecule has 1 aromatic heterocycles. The molecular weight excluding hydrogens is 270 g/mol. The van der Waals surface area contributed by atoms with Crippen molar-refractivity contribution >= 4 is 15.9 Å². The van der Waals surface area contributed by atoms with E-state index in [1.165, 1.54) is 0 Å². The van der Waals surface area contributed by atoms with Crippen molar-refractivity contribution in [2.45, 2.75) is 38.9 Å². The first-order valence-electron chi connectivity index (χ1n) is 5.29. The highest BCUT2D eigenvalue weighted by atomic mass is 79.9. The van der Waals surface area contributed by atoms with E-state index in [0.717, 1.165) is 10.2 Å². The van der Waals surface area contributed by atoms with E-state index in [1.807, 2.05) is 32.9 Å². The van der Waals surface area contributed by atoms with Crippen LogP contribution in [-0.2, 0) is 11.2 Å². The van der Waals surface area contributed by atoms with Crippen LogP contribution in [0.1, 0.15) is 26.5 Å². The Hall–Kier alpha value is -0.450. The third kappa shape index (κ3) is 5.58. The number of hydrogen-bond acceptors (Lipinski definition) is 3. The van der Waals surface area contributed by atoms with Crippen LogP contribution in [0.15, 0.2) is 22.8 Å². The van der Waals surface area contributed by atoms with Gasteiger partial charge in [-0.2, -0.15) is 0 Å². The van der Waals surface area contributed by atoms with E-state index in [9.17, 15) is 5.11 Å². The van der Waals surface area contributed by atoms with Crippen molar-refractivity contribution in [1.29, 1.82) is 0 Å². The lowest BCUT2D eigenvalue weighted by atomic mass is 10.1. The smallest absolute Gasteiger partial charge is 0.0829 e. The largest absolute Gasteiger partial charge is 0.390 e. The number of aromatic nitrogens is 1. The van der Waals surface area contributed by atoms with Crippen molar-refractivity contribution in [3.8, 4) is 0 Å². The second-order valence-electron chi connectivity index (χ2n) is 4.75. The fraction of sp³-hybridized carbons (Fsp3) is 0.583. The summed E-state index contributed by atoms with van der Waals surface area (Å²) in [6.45, 7) is 6.24. The van der Waals surface area contributed by atoms with Crippen LogP contribution in [0.3, 0.4) is 0 Å². The molecule has 1 rings (SSSR count). The van der Waals surface area contributed by atoms with Crippen molar-refractivity contribution in [2.24, 2.45) is 0 Å². The summed E-state index contributed by atoms with van der Waals surface area (Å²) in [7, 11) is 0. The summed E-state index contributed by atoms with van der Waals surface area (Å²) in [5.41, 5.74) is 0.655. The van der Waals surface area contributed by atoms with E-state index in [2.05, 4.69) is 20.9 Å². The molecule has 1 unspecified atom stereocenters. The molecule has 0 fully saturated rings. The number of halogens is 1. The van der Waals surface area contributed by atoms with Crippen LogP contribution in [0.2, 0.25) is 0 Å². The first-order valence-corrected chi connectivity index (χ1v) is 6.08. The Balaban J connectivity index is 2.39. The molecule has 3 nitrogen and oxygen atoms in total. The van der Waals surface area contributed by atoms with E-state index in [1.54, 1.807) is 6.20 Å². The van der Waals surface area contributed by atoms with Crippen LogP contribution in [0.4, 0.5) is 0 Å². The molecule has 0 amide bonds. The standard InChI is InChI=1S/C12H18BrNO2/c1-12(2,3)16-8-11(15)6-10-5-4-9(13)7-14-10/h4-5,7,11,15H,6,8H2,1-3H3. The highest BCUT2D eigenvalue weighted by molar-refractivity contribution is 9.10. The minimum absolute atomic E-state index is 0.214. The van der Waals surface area contributed by atoms with Crippen LogP contribution < -0.4 is 0 Å². The molecular formula is C12H18BrNO2. The van der Waals surface area contributed by atoms with Crippen LogP contribution in [0.25, 0.3) is 0 Å². The van der Waals surface area contributed by atoms with Gasteiger partial charge in [-0.05, 0) is 48.8 Å². The van der Waals surface area contributed by atoms with Crippen LogP contribution in [-0.4, -0.2) is 28.4 Å². The fourth-order valence-corrected chi connectivity index (χ4v) is 1.41. The topological polar surface area (TPSA) is 42.4 Å². The van der Waals surface area contributed by atoms with Crippen molar-refractivity contribution < 1.29 is 9.84 Å². The zero-order valence-corrected chi connectivity index (χ0v) is 11.5. The average molecular weight is 288 g/mol. The lowest BCUT2D eigenvalue weighted by Crippen LogP contribution is -2.27. The maximum absolute atomic E-state index is 9.76. The molecule has 0 radical (unpaired) electrons. The Labute approximate surface area is 105 Å². The summed E-state index contributed by atoms with van der Waals surface area (Å²) < 4.78 is 6.44. The van der Waals surface area contributed by atoms with Crippen molar-refractivity contribution in [3.05, 3.63) is 28.5 Å². The summed E-state index contributed by atoms with van der Waals surface area (Å²) >= 11 is 3.32. The summed E-state index contributed by atoms with van der Waals surface area (Å²) in [5.74, 6) is 0. The molecule has 1 aromatic rings. The molecule has 4 heteroatoms. The maximum atomic E-state index is 9.76.